The molecule has 1 amide bonds. The SMILES string of the molecule is C=CCOc1cc(Cl)c(Cl)cc1C(NC(=O)C(C)(C)C)C1CCNCC1. The fourth-order valence-electron chi connectivity index (χ4n) is 3.05. The minimum absolute atomic E-state index is 0.00164. The van der Waals surface area contributed by atoms with Gasteiger partial charge in [0.2, 0.25) is 5.91 Å². The van der Waals surface area contributed by atoms with E-state index in [1.807, 2.05) is 26.8 Å². The van der Waals surface area contributed by atoms with Crippen molar-refractivity contribution in [3.63, 3.8) is 0 Å². The molecule has 1 aliphatic heterocycles. The summed E-state index contributed by atoms with van der Waals surface area (Å²) in [6, 6.07) is 3.36. The van der Waals surface area contributed by atoms with E-state index >= 15 is 0 Å². The third-order valence-corrected chi connectivity index (χ3v) is 5.29. The maximum atomic E-state index is 12.7. The molecule has 0 radical (unpaired) electrons. The van der Waals surface area contributed by atoms with Gasteiger partial charge in [-0.25, -0.2) is 0 Å². The van der Waals surface area contributed by atoms with Crippen molar-refractivity contribution in [2.75, 3.05) is 19.7 Å². The fourth-order valence-corrected chi connectivity index (χ4v) is 3.37. The lowest BCUT2D eigenvalue weighted by Gasteiger charge is -2.34. The molecule has 1 unspecified atom stereocenters. The summed E-state index contributed by atoms with van der Waals surface area (Å²) in [6.45, 7) is 11.6. The second-order valence-electron chi connectivity index (χ2n) is 7.69. The van der Waals surface area contributed by atoms with Gasteiger partial charge in [0.05, 0.1) is 16.1 Å². The standard InChI is InChI=1S/C20H28Cl2N2O2/c1-5-10-26-17-12-16(22)15(21)11-14(17)18(13-6-8-23-9-7-13)24-19(25)20(2,3)4/h5,11-13,18,23H,1,6-10H2,2-4H3,(H,24,25). The van der Waals surface area contributed by atoms with Crippen LogP contribution in [0.5, 0.6) is 5.75 Å². The van der Waals surface area contributed by atoms with Crippen LogP contribution in [0.2, 0.25) is 10.0 Å². The third-order valence-electron chi connectivity index (χ3n) is 4.57. The zero-order valence-corrected chi connectivity index (χ0v) is 17.2. The molecule has 0 saturated carbocycles. The molecular formula is C20H28Cl2N2O2. The molecule has 4 nitrogen and oxygen atoms in total. The molecule has 0 bridgehead atoms. The summed E-state index contributed by atoms with van der Waals surface area (Å²) >= 11 is 12.5. The van der Waals surface area contributed by atoms with Gasteiger partial charge in [0, 0.05) is 17.0 Å². The van der Waals surface area contributed by atoms with E-state index in [0.717, 1.165) is 31.5 Å². The molecule has 1 atom stereocenters. The number of nitrogens with one attached hydrogen (secondary N) is 2. The Morgan fingerprint density at radius 1 is 1.35 bits per heavy atom. The predicted octanol–water partition coefficient (Wildman–Crippen LogP) is 4.76. The van der Waals surface area contributed by atoms with E-state index in [9.17, 15) is 4.79 Å². The lowest BCUT2D eigenvalue weighted by molar-refractivity contribution is -0.129. The summed E-state index contributed by atoms with van der Waals surface area (Å²) in [7, 11) is 0. The van der Waals surface area contributed by atoms with Gasteiger partial charge in [0.1, 0.15) is 12.4 Å². The maximum absolute atomic E-state index is 12.7. The van der Waals surface area contributed by atoms with Crippen molar-refractivity contribution < 1.29 is 9.53 Å². The fraction of sp³-hybridized carbons (Fsp3) is 0.550. The number of benzene rings is 1. The van der Waals surface area contributed by atoms with Gasteiger partial charge in [-0.3, -0.25) is 4.79 Å². The quantitative estimate of drug-likeness (QED) is 0.678. The van der Waals surface area contributed by atoms with Crippen LogP contribution in [-0.2, 0) is 4.79 Å². The normalized spacial score (nSPS) is 16.8. The van der Waals surface area contributed by atoms with Crippen LogP contribution in [0, 0.1) is 11.3 Å². The number of hydrogen-bond acceptors (Lipinski definition) is 3. The molecule has 0 aliphatic carbocycles. The lowest BCUT2D eigenvalue weighted by Crippen LogP contribution is -2.43. The highest BCUT2D eigenvalue weighted by Crippen LogP contribution is 2.39. The van der Waals surface area contributed by atoms with Gasteiger partial charge in [-0.15, -0.1) is 0 Å². The molecule has 1 fully saturated rings. The van der Waals surface area contributed by atoms with Crippen LogP contribution >= 0.6 is 23.2 Å². The van der Waals surface area contributed by atoms with Gasteiger partial charge < -0.3 is 15.4 Å². The molecular weight excluding hydrogens is 371 g/mol. The summed E-state index contributed by atoms with van der Waals surface area (Å²) in [6.07, 6.45) is 3.62. The Labute approximate surface area is 166 Å². The third kappa shape index (κ3) is 5.38. The Morgan fingerprint density at radius 2 is 1.96 bits per heavy atom. The number of piperidine rings is 1. The Kier molecular flexibility index (Phi) is 7.39. The predicted molar refractivity (Wildman–Crippen MR) is 108 cm³/mol. The number of ether oxygens (including phenoxy) is 1. The number of carbonyl (C=O) groups is 1. The summed E-state index contributed by atoms with van der Waals surface area (Å²) in [5.41, 5.74) is 0.384. The number of carbonyl (C=O) groups excluding carboxylic acids is 1. The molecule has 1 aliphatic rings. The minimum Gasteiger partial charge on any atom is -0.489 e. The van der Waals surface area contributed by atoms with Crippen molar-refractivity contribution in [3.8, 4) is 5.75 Å². The summed E-state index contributed by atoms with van der Waals surface area (Å²) in [4.78, 5) is 12.7. The zero-order chi connectivity index (χ0) is 19.3. The Balaban J connectivity index is 2.44. The molecule has 1 aromatic rings. The molecule has 1 saturated heterocycles. The molecule has 0 aromatic heterocycles. The van der Waals surface area contributed by atoms with Crippen molar-refractivity contribution >= 4 is 29.1 Å². The van der Waals surface area contributed by atoms with Gasteiger partial charge in [-0.2, -0.15) is 0 Å². The molecule has 144 valence electrons. The highest BCUT2D eigenvalue weighted by molar-refractivity contribution is 6.42. The summed E-state index contributed by atoms with van der Waals surface area (Å²) in [5, 5.41) is 7.49. The molecule has 6 heteroatoms. The van der Waals surface area contributed by atoms with Gasteiger partial charge in [-0.1, -0.05) is 56.6 Å². The molecule has 1 heterocycles. The van der Waals surface area contributed by atoms with Crippen LogP contribution < -0.4 is 15.4 Å². The average Bonchev–Trinajstić information content (AvgIpc) is 2.60. The van der Waals surface area contributed by atoms with E-state index in [1.165, 1.54) is 0 Å². The largest absolute Gasteiger partial charge is 0.489 e. The first-order chi connectivity index (χ1) is 12.2. The summed E-state index contributed by atoms with van der Waals surface area (Å²) in [5.74, 6) is 0.935. The van der Waals surface area contributed by atoms with E-state index < -0.39 is 5.41 Å². The van der Waals surface area contributed by atoms with E-state index in [4.69, 9.17) is 27.9 Å². The maximum Gasteiger partial charge on any atom is 0.225 e. The Morgan fingerprint density at radius 3 is 2.54 bits per heavy atom. The van der Waals surface area contributed by atoms with E-state index in [2.05, 4.69) is 17.2 Å². The highest BCUT2D eigenvalue weighted by Gasteiger charge is 2.32. The molecule has 1 aromatic carbocycles. The summed E-state index contributed by atoms with van der Waals surface area (Å²) < 4.78 is 5.83. The first-order valence-corrected chi connectivity index (χ1v) is 9.74. The van der Waals surface area contributed by atoms with Crippen LogP contribution in [0.25, 0.3) is 0 Å². The van der Waals surface area contributed by atoms with Gasteiger partial charge in [-0.05, 0) is 37.9 Å². The van der Waals surface area contributed by atoms with E-state index in [1.54, 1.807) is 12.1 Å². The second-order valence-corrected chi connectivity index (χ2v) is 8.51. The van der Waals surface area contributed by atoms with Crippen molar-refractivity contribution in [3.05, 3.63) is 40.4 Å². The van der Waals surface area contributed by atoms with Crippen molar-refractivity contribution in [1.29, 1.82) is 0 Å². The van der Waals surface area contributed by atoms with Crippen LogP contribution in [0.15, 0.2) is 24.8 Å². The van der Waals surface area contributed by atoms with Crippen LogP contribution in [-0.4, -0.2) is 25.6 Å². The Bertz CT molecular complexity index is 650. The van der Waals surface area contributed by atoms with Crippen LogP contribution in [0.3, 0.4) is 0 Å². The van der Waals surface area contributed by atoms with E-state index in [-0.39, 0.29) is 11.9 Å². The monoisotopic (exact) mass is 398 g/mol. The van der Waals surface area contributed by atoms with E-state index in [0.29, 0.717) is 28.3 Å². The van der Waals surface area contributed by atoms with Crippen molar-refractivity contribution in [1.82, 2.24) is 10.6 Å². The number of rotatable bonds is 6. The first kappa shape index (κ1) is 21.1. The topological polar surface area (TPSA) is 50.4 Å². The van der Waals surface area contributed by atoms with Gasteiger partial charge in [0.25, 0.3) is 0 Å². The zero-order valence-electron chi connectivity index (χ0n) is 15.7. The van der Waals surface area contributed by atoms with Crippen molar-refractivity contribution in [2.45, 2.75) is 39.7 Å². The van der Waals surface area contributed by atoms with Crippen LogP contribution in [0.1, 0.15) is 45.2 Å². The smallest absolute Gasteiger partial charge is 0.225 e. The lowest BCUT2D eigenvalue weighted by atomic mass is 9.84. The van der Waals surface area contributed by atoms with Gasteiger partial charge >= 0.3 is 0 Å². The Hall–Kier alpha value is -1.23. The van der Waals surface area contributed by atoms with Crippen molar-refractivity contribution in [2.24, 2.45) is 11.3 Å². The molecule has 2 rings (SSSR count). The number of amides is 1. The average molecular weight is 399 g/mol. The number of halogens is 2. The molecule has 2 N–H and O–H groups in total. The molecule has 26 heavy (non-hydrogen) atoms. The highest BCUT2D eigenvalue weighted by atomic mass is 35.5. The van der Waals surface area contributed by atoms with Crippen LogP contribution in [0.4, 0.5) is 0 Å². The number of hydrogen-bond donors (Lipinski definition) is 2. The molecule has 0 spiro atoms. The minimum atomic E-state index is -0.483. The second kappa shape index (κ2) is 9.12. The van der Waals surface area contributed by atoms with Gasteiger partial charge in [0.15, 0.2) is 0 Å². The first-order valence-electron chi connectivity index (χ1n) is 8.98.